The van der Waals surface area contributed by atoms with E-state index in [4.69, 9.17) is 5.11 Å². The number of para-hydroxylation sites is 1. The zero-order chi connectivity index (χ0) is 12.3. The largest absolute Gasteiger partial charge is 0.393 e. The molecule has 0 spiro atoms. The van der Waals surface area contributed by atoms with Crippen LogP contribution in [0.5, 0.6) is 0 Å². The highest BCUT2D eigenvalue weighted by atomic mass is 32.1. The minimum atomic E-state index is -0.448. The third-order valence-electron chi connectivity index (χ3n) is 2.33. The molecule has 2 rings (SSSR count). The Kier molecular flexibility index (Phi) is 3.71. The molecule has 1 aromatic heterocycles. The van der Waals surface area contributed by atoms with Crippen molar-refractivity contribution in [3.8, 4) is 0 Å². The molecule has 2 N–H and O–H groups in total. The van der Waals surface area contributed by atoms with Crippen LogP contribution < -0.4 is 5.32 Å². The van der Waals surface area contributed by atoms with Gasteiger partial charge in [-0.05, 0) is 25.5 Å². The summed E-state index contributed by atoms with van der Waals surface area (Å²) < 4.78 is 1.05. The zero-order valence-corrected chi connectivity index (χ0v) is 10.3. The van der Waals surface area contributed by atoms with E-state index in [-0.39, 0.29) is 5.91 Å². The van der Waals surface area contributed by atoms with Crippen molar-refractivity contribution in [3.05, 3.63) is 24.3 Å². The Labute approximate surface area is 103 Å². The van der Waals surface area contributed by atoms with E-state index in [0.29, 0.717) is 18.0 Å². The van der Waals surface area contributed by atoms with Gasteiger partial charge in [-0.25, -0.2) is 4.98 Å². The number of benzene rings is 1. The second-order valence-electron chi connectivity index (χ2n) is 3.92. The van der Waals surface area contributed by atoms with E-state index >= 15 is 0 Å². The average Bonchev–Trinajstić information content (AvgIpc) is 2.68. The van der Waals surface area contributed by atoms with E-state index in [1.54, 1.807) is 6.92 Å². The number of aromatic nitrogens is 1. The molecule has 0 aliphatic carbocycles. The van der Waals surface area contributed by atoms with Gasteiger partial charge >= 0.3 is 0 Å². The lowest BCUT2D eigenvalue weighted by atomic mass is 10.2. The fraction of sp³-hybridized carbons (Fsp3) is 0.333. The number of nitrogens with zero attached hydrogens (tertiary/aromatic N) is 1. The molecule has 1 amide bonds. The number of nitrogens with one attached hydrogen (secondary N) is 1. The summed E-state index contributed by atoms with van der Waals surface area (Å²) in [6.45, 7) is 1.67. The van der Waals surface area contributed by atoms with Crippen LogP contribution in [0.3, 0.4) is 0 Å². The summed E-state index contributed by atoms with van der Waals surface area (Å²) in [6.07, 6.45) is 0.334. The molecular weight excluding hydrogens is 236 g/mol. The number of fused-ring (bicyclic) bond motifs is 1. The molecular formula is C12H14N2O2S. The van der Waals surface area contributed by atoms with Crippen LogP contribution in [0.15, 0.2) is 24.3 Å². The Morgan fingerprint density at radius 2 is 2.29 bits per heavy atom. The highest BCUT2D eigenvalue weighted by molar-refractivity contribution is 7.22. The number of hydrogen-bond acceptors (Lipinski definition) is 4. The van der Waals surface area contributed by atoms with Crippen molar-refractivity contribution in [1.82, 2.24) is 4.98 Å². The van der Waals surface area contributed by atoms with Gasteiger partial charge < -0.3 is 10.4 Å². The van der Waals surface area contributed by atoms with E-state index in [9.17, 15) is 4.79 Å². The number of carbonyl (C=O) groups excluding carboxylic acids is 1. The summed E-state index contributed by atoms with van der Waals surface area (Å²) in [6, 6.07) is 7.75. The standard InChI is InChI=1S/C12H14N2O2S/c1-8(15)6-7-11(16)14-12-13-9-4-2-3-5-10(9)17-12/h2-5,8,15H,6-7H2,1H3,(H,13,14,16). The van der Waals surface area contributed by atoms with Crippen molar-refractivity contribution >= 4 is 32.6 Å². The number of thiazole rings is 1. The number of carbonyl (C=O) groups is 1. The highest BCUT2D eigenvalue weighted by Gasteiger charge is 2.08. The molecule has 17 heavy (non-hydrogen) atoms. The summed E-state index contributed by atoms with van der Waals surface area (Å²) in [5.41, 5.74) is 0.892. The first-order valence-electron chi connectivity index (χ1n) is 5.48. The molecule has 0 bridgehead atoms. The monoisotopic (exact) mass is 250 g/mol. The summed E-state index contributed by atoms with van der Waals surface area (Å²) in [5.74, 6) is -0.107. The summed E-state index contributed by atoms with van der Waals surface area (Å²) >= 11 is 1.45. The maximum absolute atomic E-state index is 11.5. The van der Waals surface area contributed by atoms with E-state index in [1.807, 2.05) is 24.3 Å². The lowest BCUT2D eigenvalue weighted by Gasteiger charge is -2.03. The molecule has 0 radical (unpaired) electrons. The second-order valence-corrected chi connectivity index (χ2v) is 4.95. The van der Waals surface area contributed by atoms with Crippen molar-refractivity contribution in [2.24, 2.45) is 0 Å². The van der Waals surface area contributed by atoms with Crippen LogP contribution in [0, 0.1) is 0 Å². The maximum atomic E-state index is 11.5. The summed E-state index contributed by atoms with van der Waals surface area (Å²) in [5, 5.41) is 12.4. The van der Waals surface area contributed by atoms with Crippen molar-refractivity contribution < 1.29 is 9.90 Å². The van der Waals surface area contributed by atoms with Gasteiger partial charge in [0.25, 0.3) is 0 Å². The Bertz CT molecular complexity index is 489. The first-order chi connectivity index (χ1) is 8.15. The Balaban J connectivity index is 2.01. The molecule has 0 aliphatic rings. The minimum absolute atomic E-state index is 0.107. The molecule has 2 aromatic rings. The molecule has 0 saturated carbocycles. The fourth-order valence-electron chi connectivity index (χ4n) is 1.45. The van der Waals surface area contributed by atoms with E-state index in [0.717, 1.165) is 10.2 Å². The first-order valence-corrected chi connectivity index (χ1v) is 6.30. The molecule has 0 aliphatic heterocycles. The number of rotatable bonds is 4. The Hall–Kier alpha value is -1.46. The number of aliphatic hydroxyl groups excluding tert-OH is 1. The predicted molar refractivity (Wildman–Crippen MR) is 69.2 cm³/mol. The van der Waals surface area contributed by atoms with Crippen molar-refractivity contribution in [2.45, 2.75) is 25.9 Å². The number of anilines is 1. The second kappa shape index (κ2) is 5.25. The van der Waals surface area contributed by atoms with Crippen LogP contribution in [0.25, 0.3) is 10.2 Å². The molecule has 0 saturated heterocycles. The Morgan fingerprint density at radius 1 is 1.53 bits per heavy atom. The molecule has 5 heteroatoms. The zero-order valence-electron chi connectivity index (χ0n) is 9.51. The van der Waals surface area contributed by atoms with Crippen LogP contribution in [-0.2, 0) is 4.79 Å². The van der Waals surface area contributed by atoms with Crippen LogP contribution >= 0.6 is 11.3 Å². The molecule has 1 aromatic carbocycles. The predicted octanol–water partition coefficient (Wildman–Crippen LogP) is 2.40. The summed E-state index contributed by atoms with van der Waals surface area (Å²) in [7, 11) is 0. The normalized spacial score (nSPS) is 12.6. The van der Waals surface area contributed by atoms with E-state index in [1.165, 1.54) is 11.3 Å². The minimum Gasteiger partial charge on any atom is -0.393 e. The van der Waals surface area contributed by atoms with E-state index in [2.05, 4.69) is 10.3 Å². The van der Waals surface area contributed by atoms with Gasteiger partial charge in [-0.3, -0.25) is 4.79 Å². The number of hydrogen-bond donors (Lipinski definition) is 2. The van der Waals surface area contributed by atoms with Gasteiger partial charge in [0.1, 0.15) is 0 Å². The lowest BCUT2D eigenvalue weighted by Crippen LogP contribution is -2.13. The van der Waals surface area contributed by atoms with Crippen molar-refractivity contribution in [3.63, 3.8) is 0 Å². The van der Waals surface area contributed by atoms with Crippen LogP contribution in [-0.4, -0.2) is 22.1 Å². The average molecular weight is 250 g/mol. The smallest absolute Gasteiger partial charge is 0.226 e. The fourth-order valence-corrected chi connectivity index (χ4v) is 2.33. The van der Waals surface area contributed by atoms with Crippen LogP contribution in [0.2, 0.25) is 0 Å². The molecule has 0 fully saturated rings. The Morgan fingerprint density at radius 3 is 3.00 bits per heavy atom. The van der Waals surface area contributed by atoms with Gasteiger partial charge in [0.15, 0.2) is 5.13 Å². The van der Waals surface area contributed by atoms with Crippen LogP contribution in [0.1, 0.15) is 19.8 Å². The highest BCUT2D eigenvalue weighted by Crippen LogP contribution is 2.25. The van der Waals surface area contributed by atoms with Crippen molar-refractivity contribution in [1.29, 1.82) is 0 Å². The SMILES string of the molecule is CC(O)CCC(=O)Nc1nc2ccccc2s1. The molecule has 1 heterocycles. The molecule has 1 unspecified atom stereocenters. The van der Waals surface area contributed by atoms with Gasteiger partial charge in [-0.1, -0.05) is 23.5 Å². The number of amides is 1. The third kappa shape index (κ3) is 3.25. The molecule has 90 valence electrons. The quantitative estimate of drug-likeness (QED) is 0.875. The first kappa shape index (κ1) is 12.0. The van der Waals surface area contributed by atoms with Gasteiger partial charge in [0, 0.05) is 6.42 Å². The van der Waals surface area contributed by atoms with E-state index < -0.39 is 6.10 Å². The van der Waals surface area contributed by atoms with Gasteiger partial charge in [-0.15, -0.1) is 0 Å². The number of aliphatic hydroxyl groups is 1. The topological polar surface area (TPSA) is 62.2 Å². The van der Waals surface area contributed by atoms with Crippen molar-refractivity contribution in [2.75, 3.05) is 5.32 Å². The van der Waals surface area contributed by atoms with Gasteiger partial charge in [-0.2, -0.15) is 0 Å². The molecule has 4 nitrogen and oxygen atoms in total. The third-order valence-corrected chi connectivity index (χ3v) is 3.28. The summed E-state index contributed by atoms with van der Waals surface area (Å²) in [4.78, 5) is 15.8. The van der Waals surface area contributed by atoms with Crippen LogP contribution in [0.4, 0.5) is 5.13 Å². The molecule has 1 atom stereocenters. The maximum Gasteiger partial charge on any atom is 0.226 e. The van der Waals surface area contributed by atoms with Gasteiger partial charge in [0.2, 0.25) is 5.91 Å². The van der Waals surface area contributed by atoms with Gasteiger partial charge in [0.05, 0.1) is 16.3 Å². The lowest BCUT2D eigenvalue weighted by molar-refractivity contribution is -0.116.